The summed E-state index contributed by atoms with van der Waals surface area (Å²) in [5.74, 6) is 1.06. The number of pyridine rings is 1. The Morgan fingerprint density at radius 2 is 1.79 bits per heavy atom. The lowest BCUT2D eigenvalue weighted by atomic mass is 10.2. The molecular weight excluding hydrogens is 477 g/mol. The fourth-order valence-corrected chi connectivity index (χ4v) is 4.88. The maximum atomic E-state index is 12.6. The van der Waals surface area contributed by atoms with Crippen molar-refractivity contribution < 1.29 is 0 Å². The highest BCUT2D eigenvalue weighted by atomic mass is 35.5. The number of hydrogen-bond donors (Lipinski definition) is 0. The third kappa shape index (κ3) is 4.27. The minimum atomic E-state index is -0.113. The summed E-state index contributed by atoms with van der Waals surface area (Å²) in [4.78, 5) is 17.3. The molecule has 0 aliphatic rings. The van der Waals surface area contributed by atoms with Crippen LogP contribution in [0.1, 0.15) is 11.3 Å². The Morgan fingerprint density at radius 1 is 0.970 bits per heavy atom. The summed E-state index contributed by atoms with van der Waals surface area (Å²) in [5, 5.41) is 10.5. The van der Waals surface area contributed by atoms with Crippen LogP contribution < -0.4 is 5.56 Å². The van der Waals surface area contributed by atoms with Crippen molar-refractivity contribution >= 4 is 40.6 Å². The first-order chi connectivity index (χ1) is 16.0. The number of halogens is 2. The van der Waals surface area contributed by atoms with E-state index in [1.165, 1.54) is 11.8 Å². The number of hydrogen-bond acceptors (Lipinski definition) is 5. The molecule has 0 spiro atoms. The van der Waals surface area contributed by atoms with Gasteiger partial charge in [0, 0.05) is 34.3 Å². The van der Waals surface area contributed by atoms with Crippen LogP contribution in [0.4, 0.5) is 0 Å². The normalized spacial score (nSPS) is 11.2. The van der Waals surface area contributed by atoms with Crippen molar-refractivity contribution in [2.45, 2.75) is 17.8 Å². The zero-order valence-electron chi connectivity index (χ0n) is 17.4. The molecule has 0 fully saturated rings. The maximum absolute atomic E-state index is 12.6. The zero-order chi connectivity index (χ0) is 22.9. The number of para-hydroxylation sites is 1. The lowest BCUT2D eigenvalue weighted by molar-refractivity contribution is 0.884. The number of fused-ring (bicyclic) bond motifs is 1. The minimum Gasteiger partial charge on any atom is -0.270 e. The largest absolute Gasteiger partial charge is 0.270 e. The first-order valence-corrected chi connectivity index (χ1v) is 11.8. The molecule has 0 radical (unpaired) electrons. The van der Waals surface area contributed by atoms with Crippen LogP contribution >= 0.6 is 35.0 Å². The van der Waals surface area contributed by atoms with Crippen LogP contribution in [0.15, 0.2) is 82.9 Å². The summed E-state index contributed by atoms with van der Waals surface area (Å²) in [6, 6.07) is 20.4. The van der Waals surface area contributed by atoms with Crippen molar-refractivity contribution in [3.05, 3.63) is 105 Å². The molecule has 5 aromatic rings. The van der Waals surface area contributed by atoms with Crippen LogP contribution in [0, 0.1) is 6.92 Å². The van der Waals surface area contributed by atoms with Gasteiger partial charge in [-0.2, -0.15) is 0 Å². The molecule has 164 valence electrons. The summed E-state index contributed by atoms with van der Waals surface area (Å²) < 4.78 is 3.50. The van der Waals surface area contributed by atoms with Crippen molar-refractivity contribution in [2.75, 3.05) is 0 Å². The number of aromatic nitrogens is 5. The molecular formula is C24H17Cl2N5OS. The van der Waals surface area contributed by atoms with Gasteiger partial charge in [-0.05, 0) is 48.9 Å². The summed E-state index contributed by atoms with van der Waals surface area (Å²) in [6.07, 6.45) is 1.72. The summed E-state index contributed by atoms with van der Waals surface area (Å²) in [5.41, 5.74) is 3.77. The summed E-state index contributed by atoms with van der Waals surface area (Å²) in [7, 11) is 0. The van der Waals surface area contributed by atoms with E-state index in [0.717, 1.165) is 16.8 Å². The second-order valence-corrected chi connectivity index (χ2v) is 9.15. The molecule has 0 aliphatic heterocycles. The third-order valence-electron chi connectivity index (χ3n) is 5.11. The van der Waals surface area contributed by atoms with Gasteiger partial charge in [-0.15, -0.1) is 10.2 Å². The Bertz CT molecular complexity index is 1530. The number of benzene rings is 2. The number of thioether (sulfide) groups is 1. The summed E-state index contributed by atoms with van der Waals surface area (Å²) in [6.45, 7) is 1.94. The van der Waals surface area contributed by atoms with Crippen molar-refractivity contribution in [1.82, 2.24) is 24.1 Å². The molecule has 33 heavy (non-hydrogen) atoms. The quantitative estimate of drug-likeness (QED) is 0.287. The van der Waals surface area contributed by atoms with Crippen molar-refractivity contribution in [1.29, 1.82) is 0 Å². The Hall–Kier alpha value is -3.13. The SMILES string of the molecule is Cc1cccn2c(=O)cc(CSc3nnc(-c4ccc(Cl)cc4Cl)n3-c3ccccc3)nc12. The highest BCUT2D eigenvalue weighted by molar-refractivity contribution is 7.98. The number of aryl methyl sites for hydroxylation is 1. The fourth-order valence-electron chi connectivity index (χ4n) is 3.54. The average molecular weight is 494 g/mol. The Labute approximate surface area is 203 Å². The number of nitrogens with zero attached hydrogens (tertiary/aromatic N) is 5. The molecule has 0 amide bonds. The predicted octanol–water partition coefficient (Wildman–Crippen LogP) is 5.85. The van der Waals surface area contributed by atoms with Crippen molar-refractivity contribution in [2.24, 2.45) is 0 Å². The smallest absolute Gasteiger partial charge is 0.258 e. The molecule has 0 N–H and O–H groups in total. The van der Waals surface area contributed by atoms with Gasteiger partial charge < -0.3 is 0 Å². The molecule has 2 aromatic carbocycles. The zero-order valence-corrected chi connectivity index (χ0v) is 19.8. The van der Waals surface area contributed by atoms with E-state index in [1.54, 1.807) is 28.8 Å². The van der Waals surface area contributed by atoms with Crippen LogP contribution in [0.2, 0.25) is 10.0 Å². The highest BCUT2D eigenvalue weighted by Crippen LogP contribution is 2.34. The molecule has 0 aliphatic carbocycles. The van der Waals surface area contributed by atoms with Crippen molar-refractivity contribution in [3.8, 4) is 17.1 Å². The Morgan fingerprint density at radius 3 is 2.58 bits per heavy atom. The average Bonchev–Trinajstić information content (AvgIpc) is 3.22. The predicted molar refractivity (Wildman–Crippen MR) is 133 cm³/mol. The fraction of sp³-hybridized carbons (Fsp3) is 0.0833. The van der Waals surface area contributed by atoms with Gasteiger partial charge in [-0.3, -0.25) is 13.8 Å². The van der Waals surface area contributed by atoms with E-state index in [0.29, 0.717) is 38.1 Å². The maximum Gasteiger partial charge on any atom is 0.258 e. The van der Waals surface area contributed by atoms with Crippen LogP contribution in [0.25, 0.3) is 22.7 Å². The second-order valence-electron chi connectivity index (χ2n) is 7.36. The van der Waals surface area contributed by atoms with E-state index in [1.807, 2.05) is 60.0 Å². The second kappa shape index (κ2) is 9.02. The van der Waals surface area contributed by atoms with Gasteiger partial charge in [0.25, 0.3) is 5.56 Å². The molecule has 3 aromatic heterocycles. The van der Waals surface area contributed by atoms with Crippen LogP contribution in [0.3, 0.4) is 0 Å². The topological polar surface area (TPSA) is 65.1 Å². The van der Waals surface area contributed by atoms with Crippen LogP contribution in [0.5, 0.6) is 0 Å². The van der Waals surface area contributed by atoms with E-state index in [2.05, 4.69) is 10.2 Å². The first kappa shape index (κ1) is 21.7. The third-order valence-corrected chi connectivity index (χ3v) is 6.62. The van der Waals surface area contributed by atoms with Gasteiger partial charge in [0.05, 0.1) is 10.7 Å². The summed E-state index contributed by atoms with van der Waals surface area (Å²) >= 11 is 14.0. The highest BCUT2D eigenvalue weighted by Gasteiger charge is 2.19. The van der Waals surface area contributed by atoms with E-state index in [4.69, 9.17) is 28.2 Å². The van der Waals surface area contributed by atoms with Gasteiger partial charge in [-0.25, -0.2) is 4.98 Å². The number of rotatable bonds is 5. The van der Waals surface area contributed by atoms with E-state index in [9.17, 15) is 4.79 Å². The minimum absolute atomic E-state index is 0.113. The molecule has 3 heterocycles. The standard InChI is InChI=1S/C24H17Cl2N5OS/c1-15-6-5-11-30-21(32)13-17(27-22(15)30)14-33-24-29-28-23(19-10-9-16(25)12-20(19)26)31(24)18-7-3-2-4-8-18/h2-13H,14H2,1H3. The first-order valence-electron chi connectivity index (χ1n) is 10.1. The van der Waals surface area contributed by atoms with E-state index >= 15 is 0 Å². The molecule has 9 heteroatoms. The molecule has 0 atom stereocenters. The Balaban J connectivity index is 1.55. The lowest BCUT2D eigenvalue weighted by Gasteiger charge is -2.11. The van der Waals surface area contributed by atoms with Crippen LogP contribution in [-0.2, 0) is 5.75 Å². The molecule has 0 saturated carbocycles. The van der Waals surface area contributed by atoms with E-state index in [-0.39, 0.29) is 5.56 Å². The van der Waals surface area contributed by atoms with Crippen LogP contribution in [-0.4, -0.2) is 24.1 Å². The van der Waals surface area contributed by atoms with Gasteiger partial charge in [-0.1, -0.05) is 59.2 Å². The van der Waals surface area contributed by atoms with Gasteiger partial charge in [0.2, 0.25) is 0 Å². The van der Waals surface area contributed by atoms with Crippen molar-refractivity contribution in [3.63, 3.8) is 0 Å². The van der Waals surface area contributed by atoms with Gasteiger partial charge in [0.15, 0.2) is 11.0 Å². The molecule has 5 rings (SSSR count). The van der Waals surface area contributed by atoms with Gasteiger partial charge in [0.1, 0.15) is 5.65 Å². The monoisotopic (exact) mass is 493 g/mol. The molecule has 0 unspecified atom stereocenters. The lowest BCUT2D eigenvalue weighted by Crippen LogP contribution is -2.15. The Kier molecular flexibility index (Phi) is 5.93. The van der Waals surface area contributed by atoms with E-state index < -0.39 is 0 Å². The molecule has 0 bridgehead atoms. The molecule has 0 saturated heterocycles. The van der Waals surface area contributed by atoms with Gasteiger partial charge >= 0.3 is 0 Å². The molecule has 6 nitrogen and oxygen atoms in total.